The monoisotopic (exact) mass is 247 g/mol. The summed E-state index contributed by atoms with van der Waals surface area (Å²) in [6.07, 6.45) is 1.11. The second kappa shape index (κ2) is 5.18. The van der Waals surface area contributed by atoms with Gasteiger partial charge >= 0.3 is 6.03 Å². The zero-order chi connectivity index (χ0) is 13.1. The van der Waals surface area contributed by atoms with Crippen LogP contribution in [0, 0.1) is 0 Å². The van der Waals surface area contributed by atoms with Crippen molar-refractivity contribution in [2.45, 2.75) is 32.4 Å². The highest BCUT2D eigenvalue weighted by atomic mass is 16.2. The molecule has 0 aliphatic carbocycles. The number of anilines is 1. The Bertz CT molecular complexity index is 438. The third-order valence-corrected chi connectivity index (χ3v) is 3.12. The van der Waals surface area contributed by atoms with E-state index in [4.69, 9.17) is 5.73 Å². The minimum absolute atomic E-state index is 0.0513. The summed E-state index contributed by atoms with van der Waals surface area (Å²) in [7, 11) is 0. The first kappa shape index (κ1) is 12.6. The van der Waals surface area contributed by atoms with Crippen molar-refractivity contribution in [1.29, 1.82) is 0 Å². The molecule has 0 spiro atoms. The summed E-state index contributed by atoms with van der Waals surface area (Å²) in [6.45, 7) is 2.39. The van der Waals surface area contributed by atoms with Gasteiger partial charge in [-0.2, -0.15) is 0 Å². The van der Waals surface area contributed by atoms with Gasteiger partial charge in [0.15, 0.2) is 0 Å². The Balaban J connectivity index is 2.21. The van der Waals surface area contributed by atoms with Crippen LogP contribution >= 0.6 is 0 Å². The molecule has 1 aromatic carbocycles. The number of nitrogens with zero attached hydrogens (tertiary/aromatic N) is 1. The predicted octanol–water partition coefficient (Wildman–Crippen LogP) is 1.37. The maximum atomic E-state index is 12.0. The van der Waals surface area contributed by atoms with Crippen LogP contribution in [0.25, 0.3) is 0 Å². The van der Waals surface area contributed by atoms with Crippen LogP contribution in [-0.4, -0.2) is 18.0 Å². The van der Waals surface area contributed by atoms with E-state index in [1.807, 2.05) is 19.1 Å². The van der Waals surface area contributed by atoms with Crippen LogP contribution in [-0.2, 0) is 11.3 Å². The summed E-state index contributed by atoms with van der Waals surface area (Å²) in [5.74, 6) is -0.161. The Morgan fingerprint density at radius 2 is 2.00 bits per heavy atom. The fourth-order valence-electron chi connectivity index (χ4n) is 1.99. The Morgan fingerprint density at radius 3 is 2.50 bits per heavy atom. The van der Waals surface area contributed by atoms with Gasteiger partial charge in [0.2, 0.25) is 5.91 Å². The third-order valence-electron chi connectivity index (χ3n) is 3.12. The van der Waals surface area contributed by atoms with E-state index in [1.54, 1.807) is 12.1 Å². The highest BCUT2D eigenvalue weighted by Crippen LogP contribution is 2.20. The number of hydrogen-bond acceptors (Lipinski definition) is 3. The largest absolute Gasteiger partial charge is 0.334 e. The molecule has 0 radical (unpaired) electrons. The first-order valence-corrected chi connectivity index (χ1v) is 6.08. The van der Waals surface area contributed by atoms with Crippen LogP contribution in [0.5, 0.6) is 0 Å². The van der Waals surface area contributed by atoms with Gasteiger partial charge < -0.3 is 11.1 Å². The van der Waals surface area contributed by atoms with Gasteiger partial charge in [0.25, 0.3) is 0 Å². The summed E-state index contributed by atoms with van der Waals surface area (Å²) in [5.41, 5.74) is 7.06. The van der Waals surface area contributed by atoms with Crippen molar-refractivity contribution >= 4 is 17.6 Å². The molecule has 3 N–H and O–H groups in total. The molecule has 1 saturated heterocycles. The van der Waals surface area contributed by atoms with Gasteiger partial charge in [0.1, 0.15) is 0 Å². The van der Waals surface area contributed by atoms with E-state index in [2.05, 4.69) is 5.32 Å². The van der Waals surface area contributed by atoms with Gasteiger partial charge in [-0.1, -0.05) is 19.1 Å². The number of nitrogens with two attached hydrogens (primary N) is 1. The van der Waals surface area contributed by atoms with Gasteiger partial charge in [0.05, 0.1) is 5.69 Å². The number of carbonyl (C=O) groups excluding carboxylic acids is 2. The number of urea groups is 1. The first-order valence-electron chi connectivity index (χ1n) is 6.08. The smallest absolute Gasteiger partial charge is 0.328 e. The molecule has 5 nitrogen and oxygen atoms in total. The first-order chi connectivity index (χ1) is 8.65. The molecule has 1 atom stereocenters. The molecular weight excluding hydrogens is 230 g/mol. The quantitative estimate of drug-likeness (QED) is 0.847. The van der Waals surface area contributed by atoms with Crippen LogP contribution in [0.4, 0.5) is 10.5 Å². The van der Waals surface area contributed by atoms with Crippen LogP contribution in [0.3, 0.4) is 0 Å². The summed E-state index contributed by atoms with van der Waals surface area (Å²) in [4.78, 5) is 25.1. The van der Waals surface area contributed by atoms with Crippen molar-refractivity contribution in [1.82, 2.24) is 5.32 Å². The van der Waals surface area contributed by atoms with Gasteiger partial charge in [-0.25, -0.2) is 9.69 Å². The number of nitrogens with one attached hydrogen (secondary N) is 1. The molecule has 1 heterocycles. The highest BCUT2D eigenvalue weighted by molar-refractivity contribution is 6.16. The Kier molecular flexibility index (Phi) is 3.62. The normalized spacial score (nSPS) is 19.9. The number of amides is 3. The third kappa shape index (κ3) is 2.36. The lowest BCUT2D eigenvalue weighted by atomic mass is 10.1. The lowest BCUT2D eigenvalue weighted by Crippen LogP contribution is -2.54. The standard InChI is InChI=1S/C13H17N3O2/c1-2-10-7-12(17)16(13(18)15-10)11-5-3-9(8-14)4-6-11/h3-6,10H,2,7-8,14H2,1H3,(H,15,18). The van der Waals surface area contributed by atoms with Crippen LogP contribution in [0.1, 0.15) is 25.3 Å². The van der Waals surface area contributed by atoms with Crippen molar-refractivity contribution in [2.24, 2.45) is 5.73 Å². The summed E-state index contributed by atoms with van der Waals surface area (Å²) in [5, 5.41) is 2.82. The topological polar surface area (TPSA) is 75.4 Å². The molecule has 5 heteroatoms. The zero-order valence-corrected chi connectivity index (χ0v) is 10.3. The second-order valence-electron chi connectivity index (χ2n) is 4.36. The Labute approximate surface area is 106 Å². The van der Waals surface area contributed by atoms with Crippen molar-refractivity contribution in [3.63, 3.8) is 0 Å². The number of imide groups is 1. The molecule has 1 unspecified atom stereocenters. The van der Waals surface area contributed by atoms with E-state index in [1.165, 1.54) is 4.90 Å². The fourth-order valence-corrected chi connectivity index (χ4v) is 1.99. The van der Waals surface area contributed by atoms with Crippen molar-refractivity contribution in [3.8, 4) is 0 Å². The number of rotatable bonds is 3. The number of benzene rings is 1. The lowest BCUT2D eigenvalue weighted by molar-refractivity contribution is -0.119. The van der Waals surface area contributed by atoms with Crippen LogP contribution in [0.2, 0.25) is 0 Å². The molecule has 1 aromatic rings. The molecule has 0 bridgehead atoms. The van der Waals surface area contributed by atoms with Gasteiger partial charge in [0, 0.05) is 19.0 Å². The average Bonchev–Trinajstić information content (AvgIpc) is 2.38. The van der Waals surface area contributed by atoms with Gasteiger partial charge in [-0.15, -0.1) is 0 Å². The maximum absolute atomic E-state index is 12.0. The summed E-state index contributed by atoms with van der Waals surface area (Å²) in [6, 6.07) is 6.73. The molecule has 0 aromatic heterocycles. The molecule has 0 saturated carbocycles. The van der Waals surface area contributed by atoms with Crippen molar-refractivity contribution < 1.29 is 9.59 Å². The van der Waals surface area contributed by atoms with E-state index in [-0.39, 0.29) is 18.0 Å². The molecule has 1 aliphatic rings. The highest BCUT2D eigenvalue weighted by Gasteiger charge is 2.31. The minimum atomic E-state index is -0.349. The van der Waals surface area contributed by atoms with Gasteiger partial charge in [-0.3, -0.25) is 4.79 Å². The van der Waals surface area contributed by atoms with Gasteiger partial charge in [-0.05, 0) is 24.1 Å². The summed E-state index contributed by atoms with van der Waals surface area (Å²) >= 11 is 0. The van der Waals surface area contributed by atoms with Crippen molar-refractivity contribution in [3.05, 3.63) is 29.8 Å². The average molecular weight is 247 g/mol. The van der Waals surface area contributed by atoms with E-state index < -0.39 is 0 Å². The molecule has 96 valence electrons. The molecule has 1 aliphatic heterocycles. The Hall–Kier alpha value is -1.88. The van der Waals surface area contributed by atoms with E-state index in [9.17, 15) is 9.59 Å². The van der Waals surface area contributed by atoms with Crippen molar-refractivity contribution in [2.75, 3.05) is 4.90 Å². The molecule has 18 heavy (non-hydrogen) atoms. The fraction of sp³-hybridized carbons (Fsp3) is 0.385. The second-order valence-corrected chi connectivity index (χ2v) is 4.36. The molecule has 3 amide bonds. The maximum Gasteiger partial charge on any atom is 0.328 e. The van der Waals surface area contributed by atoms with Crippen LogP contribution < -0.4 is 16.0 Å². The SMILES string of the molecule is CCC1CC(=O)N(c2ccc(CN)cc2)C(=O)N1. The molecule has 2 rings (SSSR count). The molecule has 1 fully saturated rings. The summed E-state index contributed by atoms with van der Waals surface area (Å²) < 4.78 is 0. The van der Waals surface area contributed by atoms with E-state index in [0.29, 0.717) is 18.7 Å². The number of hydrogen-bond donors (Lipinski definition) is 2. The van der Waals surface area contributed by atoms with E-state index >= 15 is 0 Å². The molecular formula is C13H17N3O2. The lowest BCUT2D eigenvalue weighted by Gasteiger charge is -2.30. The Morgan fingerprint density at radius 1 is 1.33 bits per heavy atom. The zero-order valence-electron chi connectivity index (χ0n) is 10.3. The predicted molar refractivity (Wildman–Crippen MR) is 69.0 cm³/mol. The van der Waals surface area contributed by atoms with E-state index in [0.717, 1.165) is 12.0 Å². The van der Waals surface area contributed by atoms with Crippen LogP contribution in [0.15, 0.2) is 24.3 Å². The number of carbonyl (C=O) groups is 2. The minimum Gasteiger partial charge on any atom is -0.334 e.